The van der Waals surface area contributed by atoms with Crippen molar-refractivity contribution in [2.24, 2.45) is 7.05 Å². The molecular weight excluding hydrogens is 376 g/mol. The second-order valence-corrected chi connectivity index (χ2v) is 8.72. The van der Waals surface area contributed by atoms with Gasteiger partial charge in [0, 0.05) is 11.9 Å². The number of rotatable bonds is 3. The average Bonchev–Trinajstić information content (AvgIpc) is 3.15. The molecule has 25 heavy (non-hydrogen) atoms. The van der Waals surface area contributed by atoms with Gasteiger partial charge in [-0.25, -0.2) is 9.97 Å². The number of nitrogens with one attached hydrogen (secondary N) is 1. The van der Waals surface area contributed by atoms with E-state index in [1.807, 2.05) is 25.3 Å². The van der Waals surface area contributed by atoms with Gasteiger partial charge in [0.25, 0.3) is 11.1 Å². The molecule has 0 fully saturated rings. The molecule has 4 aromatic heterocycles. The number of aromatic nitrogens is 4. The van der Waals surface area contributed by atoms with E-state index in [0.29, 0.717) is 32.3 Å². The van der Waals surface area contributed by atoms with Gasteiger partial charge in [-0.15, -0.1) is 22.7 Å². The maximum atomic E-state index is 12.3. The van der Waals surface area contributed by atoms with Crippen molar-refractivity contribution in [3.05, 3.63) is 48.4 Å². The van der Waals surface area contributed by atoms with Gasteiger partial charge >= 0.3 is 0 Å². The van der Waals surface area contributed by atoms with Gasteiger partial charge in [0.15, 0.2) is 5.16 Å². The molecule has 0 amide bonds. The van der Waals surface area contributed by atoms with Gasteiger partial charge < -0.3 is 4.98 Å². The van der Waals surface area contributed by atoms with Crippen LogP contribution in [-0.4, -0.2) is 19.5 Å². The Kier molecular flexibility index (Phi) is 4.01. The first-order valence-corrected chi connectivity index (χ1v) is 10.2. The molecule has 0 atom stereocenters. The number of fused-ring (bicyclic) bond motifs is 2. The van der Waals surface area contributed by atoms with Crippen LogP contribution in [0, 0.1) is 13.8 Å². The van der Waals surface area contributed by atoms with E-state index < -0.39 is 0 Å². The van der Waals surface area contributed by atoms with E-state index in [0.717, 1.165) is 15.3 Å². The fourth-order valence-corrected chi connectivity index (χ4v) is 5.29. The maximum Gasteiger partial charge on any atom is 0.271 e. The molecule has 0 unspecified atom stereocenters. The van der Waals surface area contributed by atoms with Crippen LogP contribution in [0.5, 0.6) is 0 Å². The average molecular weight is 391 g/mol. The van der Waals surface area contributed by atoms with E-state index in [1.165, 1.54) is 34.4 Å². The van der Waals surface area contributed by atoms with Gasteiger partial charge in [0.2, 0.25) is 0 Å². The second-order valence-electron chi connectivity index (χ2n) is 5.66. The Morgan fingerprint density at radius 2 is 2.08 bits per heavy atom. The molecule has 0 saturated carbocycles. The lowest BCUT2D eigenvalue weighted by molar-refractivity contribution is 0.727. The summed E-state index contributed by atoms with van der Waals surface area (Å²) in [5.74, 6) is 1.03. The van der Waals surface area contributed by atoms with E-state index >= 15 is 0 Å². The summed E-state index contributed by atoms with van der Waals surface area (Å²) >= 11 is 4.31. The molecule has 4 rings (SSSR count). The minimum atomic E-state index is -0.113. The lowest BCUT2D eigenvalue weighted by Crippen LogP contribution is -2.19. The summed E-state index contributed by atoms with van der Waals surface area (Å²) in [4.78, 5) is 38.5. The molecule has 0 radical (unpaired) electrons. The van der Waals surface area contributed by atoms with Crippen LogP contribution >= 0.6 is 34.4 Å². The Bertz CT molecular complexity index is 1230. The van der Waals surface area contributed by atoms with Crippen molar-refractivity contribution in [1.29, 1.82) is 0 Å². The fraction of sp³-hybridized carbons (Fsp3) is 0.250. The monoisotopic (exact) mass is 390 g/mol. The largest absolute Gasteiger partial charge is 0.309 e. The highest BCUT2D eigenvalue weighted by atomic mass is 32.2. The minimum Gasteiger partial charge on any atom is -0.309 e. The van der Waals surface area contributed by atoms with Crippen molar-refractivity contribution in [3.63, 3.8) is 0 Å². The summed E-state index contributed by atoms with van der Waals surface area (Å²) in [5.41, 5.74) is 1.53. The van der Waals surface area contributed by atoms with Crippen molar-refractivity contribution in [1.82, 2.24) is 19.5 Å². The van der Waals surface area contributed by atoms with Crippen LogP contribution in [0.25, 0.3) is 20.4 Å². The second kappa shape index (κ2) is 6.08. The van der Waals surface area contributed by atoms with E-state index in [1.54, 1.807) is 11.6 Å². The maximum absolute atomic E-state index is 12.3. The first kappa shape index (κ1) is 16.5. The fourth-order valence-electron chi connectivity index (χ4n) is 2.60. The zero-order valence-electron chi connectivity index (χ0n) is 13.7. The SMILES string of the molecule is Cc1sc2nc(CSc3nc4ccsc4c(=O)n3C)[nH]c(=O)c2c1C. The summed E-state index contributed by atoms with van der Waals surface area (Å²) in [7, 11) is 1.71. The third-order valence-electron chi connectivity index (χ3n) is 4.07. The quantitative estimate of drug-likeness (QED) is 0.429. The lowest BCUT2D eigenvalue weighted by atomic mass is 10.2. The van der Waals surface area contributed by atoms with Crippen molar-refractivity contribution in [3.8, 4) is 0 Å². The van der Waals surface area contributed by atoms with Gasteiger partial charge in [0.05, 0.1) is 16.7 Å². The van der Waals surface area contributed by atoms with Crippen LogP contribution in [0.15, 0.2) is 26.2 Å². The molecule has 0 bridgehead atoms. The van der Waals surface area contributed by atoms with Gasteiger partial charge in [-0.2, -0.15) is 0 Å². The Morgan fingerprint density at radius 3 is 2.88 bits per heavy atom. The Balaban J connectivity index is 1.70. The lowest BCUT2D eigenvalue weighted by Gasteiger charge is -2.06. The molecule has 1 N–H and O–H groups in total. The molecule has 4 heterocycles. The predicted octanol–water partition coefficient (Wildman–Crippen LogP) is 3.20. The molecule has 6 nitrogen and oxygen atoms in total. The Morgan fingerprint density at radius 1 is 1.28 bits per heavy atom. The summed E-state index contributed by atoms with van der Waals surface area (Å²) in [6.07, 6.45) is 0. The van der Waals surface area contributed by atoms with Crippen LogP contribution in [0.1, 0.15) is 16.3 Å². The highest BCUT2D eigenvalue weighted by Crippen LogP contribution is 2.27. The van der Waals surface area contributed by atoms with Gasteiger partial charge in [-0.1, -0.05) is 11.8 Å². The molecule has 0 aliphatic rings. The highest BCUT2D eigenvalue weighted by Gasteiger charge is 2.14. The summed E-state index contributed by atoms with van der Waals surface area (Å²) in [5, 5.41) is 3.14. The summed E-state index contributed by atoms with van der Waals surface area (Å²) < 4.78 is 2.20. The van der Waals surface area contributed by atoms with Gasteiger partial charge in [0.1, 0.15) is 15.4 Å². The Hall–Kier alpha value is -1.97. The van der Waals surface area contributed by atoms with Crippen LogP contribution in [-0.2, 0) is 12.8 Å². The van der Waals surface area contributed by atoms with E-state index in [-0.39, 0.29) is 11.1 Å². The number of H-pyrrole nitrogens is 1. The molecule has 0 aliphatic carbocycles. The van der Waals surface area contributed by atoms with E-state index in [9.17, 15) is 9.59 Å². The Labute approximate surface area is 154 Å². The molecule has 0 aliphatic heterocycles. The number of nitrogens with zero attached hydrogens (tertiary/aromatic N) is 3. The van der Waals surface area contributed by atoms with Crippen LogP contribution < -0.4 is 11.1 Å². The molecule has 128 valence electrons. The van der Waals surface area contributed by atoms with Crippen LogP contribution in [0.3, 0.4) is 0 Å². The number of thioether (sulfide) groups is 1. The third-order valence-corrected chi connectivity index (χ3v) is 7.11. The van der Waals surface area contributed by atoms with Crippen LogP contribution in [0.2, 0.25) is 0 Å². The topological polar surface area (TPSA) is 80.6 Å². The number of hydrogen-bond acceptors (Lipinski definition) is 7. The minimum absolute atomic E-state index is 0.0519. The molecule has 0 aromatic carbocycles. The van der Waals surface area contributed by atoms with Gasteiger partial charge in [-0.05, 0) is 30.9 Å². The number of aromatic amines is 1. The van der Waals surface area contributed by atoms with Crippen LogP contribution in [0.4, 0.5) is 0 Å². The third kappa shape index (κ3) is 2.72. The predicted molar refractivity (Wildman–Crippen MR) is 104 cm³/mol. The standard InChI is InChI=1S/C16H14N4O2S3/c1-7-8(2)25-14-11(7)13(21)18-10(19-14)6-24-16-17-9-4-5-23-12(9)15(22)20(16)3/h4-5H,6H2,1-3H3,(H,18,19,21). The van der Waals surface area contributed by atoms with E-state index in [4.69, 9.17) is 0 Å². The molecular formula is C16H14N4O2S3. The zero-order chi connectivity index (χ0) is 17.7. The number of thiophene rings is 2. The molecule has 0 spiro atoms. The van der Waals surface area contributed by atoms with Crippen molar-refractivity contribution < 1.29 is 0 Å². The number of hydrogen-bond donors (Lipinski definition) is 1. The van der Waals surface area contributed by atoms with Crippen molar-refractivity contribution in [2.75, 3.05) is 0 Å². The summed E-state index contributed by atoms with van der Waals surface area (Å²) in [6.45, 7) is 3.93. The zero-order valence-corrected chi connectivity index (χ0v) is 16.2. The molecule has 0 saturated heterocycles. The molecule has 4 aromatic rings. The first-order chi connectivity index (χ1) is 12.0. The normalized spacial score (nSPS) is 11.6. The van der Waals surface area contributed by atoms with Crippen molar-refractivity contribution >= 4 is 54.9 Å². The van der Waals surface area contributed by atoms with Gasteiger partial charge in [-0.3, -0.25) is 14.2 Å². The van der Waals surface area contributed by atoms with Crippen molar-refractivity contribution in [2.45, 2.75) is 24.8 Å². The first-order valence-electron chi connectivity index (χ1n) is 7.51. The van der Waals surface area contributed by atoms with E-state index in [2.05, 4.69) is 15.0 Å². The number of aryl methyl sites for hydroxylation is 2. The summed E-state index contributed by atoms with van der Waals surface area (Å²) in [6, 6.07) is 1.84. The smallest absolute Gasteiger partial charge is 0.271 e. The highest BCUT2D eigenvalue weighted by molar-refractivity contribution is 7.98. The molecule has 9 heteroatoms.